The van der Waals surface area contributed by atoms with Crippen molar-refractivity contribution in [3.8, 4) is 6.07 Å². The SMILES string of the molecule is CCc1nc(C)c2cc(N3C(=S)N(c4ccc(C#N)c(C(C)(F)F)c4)C(=O)C34CCC4)cc(F)c2n1. The van der Waals surface area contributed by atoms with Gasteiger partial charge in [-0.15, -0.1) is 0 Å². The lowest BCUT2D eigenvalue weighted by atomic mass is 9.75. The molecule has 1 amide bonds. The lowest BCUT2D eigenvalue weighted by Gasteiger charge is -2.43. The molecule has 1 aliphatic heterocycles. The van der Waals surface area contributed by atoms with E-state index in [0.29, 0.717) is 48.8 Å². The molecule has 1 spiro atoms. The minimum atomic E-state index is -3.30. The highest BCUT2D eigenvalue weighted by Crippen LogP contribution is 2.49. The quantitative estimate of drug-likeness (QED) is 0.421. The van der Waals surface area contributed by atoms with E-state index in [1.807, 2.05) is 6.92 Å². The van der Waals surface area contributed by atoms with Gasteiger partial charge in [0.1, 0.15) is 16.9 Å². The maximum Gasteiger partial charge on any atom is 0.271 e. The zero-order valence-corrected chi connectivity index (χ0v) is 20.7. The number of nitriles is 1. The molecule has 2 heterocycles. The summed E-state index contributed by atoms with van der Waals surface area (Å²) in [5.41, 5.74) is -0.378. The molecule has 1 saturated carbocycles. The van der Waals surface area contributed by atoms with E-state index in [0.717, 1.165) is 12.5 Å². The zero-order chi connectivity index (χ0) is 26.0. The van der Waals surface area contributed by atoms with Crippen LogP contribution in [0.4, 0.5) is 24.5 Å². The first-order valence-electron chi connectivity index (χ1n) is 11.6. The van der Waals surface area contributed by atoms with Crippen molar-refractivity contribution in [1.29, 1.82) is 5.26 Å². The number of hydrogen-bond acceptors (Lipinski definition) is 5. The van der Waals surface area contributed by atoms with E-state index >= 15 is 4.39 Å². The predicted molar refractivity (Wildman–Crippen MR) is 133 cm³/mol. The smallest absolute Gasteiger partial charge is 0.271 e. The Bertz CT molecular complexity index is 1490. The fraction of sp³-hybridized carbons (Fsp3) is 0.346. The monoisotopic (exact) mass is 509 g/mol. The topological polar surface area (TPSA) is 73.1 Å². The van der Waals surface area contributed by atoms with Crippen LogP contribution in [0.15, 0.2) is 30.3 Å². The number of hydrogen-bond donors (Lipinski definition) is 0. The number of nitrogens with zero attached hydrogens (tertiary/aromatic N) is 5. The molecular weight excluding hydrogens is 487 g/mol. The number of thiocarbonyl (C=S) groups is 1. The Morgan fingerprint density at radius 1 is 1.19 bits per heavy atom. The first-order valence-corrected chi connectivity index (χ1v) is 12.0. The summed E-state index contributed by atoms with van der Waals surface area (Å²) in [7, 11) is 0. The molecule has 10 heteroatoms. The number of aryl methyl sites for hydroxylation is 2. The van der Waals surface area contributed by atoms with Gasteiger partial charge in [0.15, 0.2) is 10.9 Å². The van der Waals surface area contributed by atoms with Crippen LogP contribution in [0.1, 0.15) is 55.8 Å². The standard InChI is InChI=1S/C26H22F3N5OS/c1-4-21-31-14(2)18-10-17(12-20(27)22(18)32-21)34-24(36)33(23(35)26(34)8-5-9-26)16-7-6-15(13-30)19(11-16)25(3,28)29/h6-7,10-12H,4-5,8-9H2,1-3H3. The van der Waals surface area contributed by atoms with Gasteiger partial charge in [-0.2, -0.15) is 5.26 Å². The number of carbonyl (C=O) groups is 1. The minimum Gasteiger partial charge on any atom is -0.303 e. The van der Waals surface area contributed by atoms with Crippen LogP contribution in [0.25, 0.3) is 10.9 Å². The summed E-state index contributed by atoms with van der Waals surface area (Å²) in [5.74, 6) is -3.68. The molecule has 184 valence electrons. The van der Waals surface area contributed by atoms with Gasteiger partial charge in [0, 0.05) is 35.7 Å². The fourth-order valence-electron chi connectivity index (χ4n) is 5.01. The van der Waals surface area contributed by atoms with Crippen LogP contribution in [-0.4, -0.2) is 26.5 Å². The largest absolute Gasteiger partial charge is 0.303 e. The average molecular weight is 510 g/mol. The molecule has 0 N–H and O–H groups in total. The molecule has 5 rings (SSSR count). The van der Waals surface area contributed by atoms with Gasteiger partial charge in [-0.25, -0.2) is 23.1 Å². The van der Waals surface area contributed by atoms with Crippen molar-refractivity contribution in [2.45, 2.75) is 57.9 Å². The first kappa shape index (κ1) is 24.1. The zero-order valence-electron chi connectivity index (χ0n) is 19.9. The van der Waals surface area contributed by atoms with E-state index in [9.17, 15) is 18.8 Å². The Balaban J connectivity index is 1.65. The molecule has 0 unspecified atom stereocenters. The molecule has 1 saturated heterocycles. The average Bonchev–Trinajstić information content (AvgIpc) is 3.05. The molecule has 1 aliphatic carbocycles. The van der Waals surface area contributed by atoms with Gasteiger partial charge in [-0.05, 0) is 68.7 Å². The number of aromatic nitrogens is 2. The summed E-state index contributed by atoms with van der Waals surface area (Å²) in [4.78, 5) is 25.4. The second-order valence-electron chi connectivity index (χ2n) is 9.28. The maximum absolute atomic E-state index is 15.3. The molecule has 36 heavy (non-hydrogen) atoms. The summed E-state index contributed by atoms with van der Waals surface area (Å²) in [6.45, 7) is 4.36. The Morgan fingerprint density at radius 2 is 1.92 bits per heavy atom. The van der Waals surface area contributed by atoms with E-state index in [4.69, 9.17) is 12.2 Å². The Labute approximate surface area is 211 Å². The lowest BCUT2D eigenvalue weighted by molar-refractivity contribution is -0.123. The minimum absolute atomic E-state index is 0.0669. The van der Waals surface area contributed by atoms with Crippen molar-refractivity contribution in [3.05, 3.63) is 58.8 Å². The van der Waals surface area contributed by atoms with Crippen LogP contribution in [0.5, 0.6) is 0 Å². The van der Waals surface area contributed by atoms with Crippen LogP contribution in [0.3, 0.4) is 0 Å². The number of rotatable bonds is 4. The summed E-state index contributed by atoms with van der Waals surface area (Å²) in [5, 5.41) is 9.86. The van der Waals surface area contributed by atoms with Crippen LogP contribution >= 0.6 is 12.2 Å². The third-order valence-electron chi connectivity index (χ3n) is 7.00. The molecule has 6 nitrogen and oxygen atoms in total. The van der Waals surface area contributed by atoms with E-state index < -0.39 is 22.8 Å². The van der Waals surface area contributed by atoms with Gasteiger partial charge in [0.2, 0.25) is 0 Å². The Morgan fingerprint density at radius 3 is 2.50 bits per heavy atom. The lowest BCUT2D eigenvalue weighted by Crippen LogP contribution is -2.55. The van der Waals surface area contributed by atoms with E-state index in [-0.39, 0.29) is 27.8 Å². The molecular formula is C26H22F3N5OS. The number of amides is 1. The van der Waals surface area contributed by atoms with E-state index in [1.54, 1.807) is 24.0 Å². The summed E-state index contributed by atoms with van der Waals surface area (Å²) >= 11 is 5.71. The van der Waals surface area contributed by atoms with Gasteiger partial charge < -0.3 is 4.90 Å². The molecule has 2 aromatic carbocycles. The third kappa shape index (κ3) is 3.45. The highest BCUT2D eigenvalue weighted by Gasteiger charge is 2.59. The van der Waals surface area contributed by atoms with E-state index in [2.05, 4.69) is 9.97 Å². The van der Waals surface area contributed by atoms with Crippen molar-refractivity contribution < 1.29 is 18.0 Å². The number of benzene rings is 2. The summed E-state index contributed by atoms with van der Waals surface area (Å²) in [6.07, 6.45) is 2.30. The third-order valence-corrected chi connectivity index (χ3v) is 7.36. The number of anilines is 2. The molecule has 0 bridgehead atoms. The predicted octanol–water partition coefficient (Wildman–Crippen LogP) is 5.68. The van der Waals surface area contributed by atoms with Crippen LogP contribution < -0.4 is 9.80 Å². The molecule has 1 aromatic heterocycles. The highest BCUT2D eigenvalue weighted by molar-refractivity contribution is 7.81. The molecule has 3 aromatic rings. The van der Waals surface area contributed by atoms with Crippen molar-refractivity contribution in [1.82, 2.24) is 9.97 Å². The van der Waals surface area contributed by atoms with Crippen molar-refractivity contribution in [2.75, 3.05) is 9.80 Å². The van der Waals surface area contributed by atoms with Crippen molar-refractivity contribution in [2.24, 2.45) is 0 Å². The maximum atomic E-state index is 15.3. The van der Waals surface area contributed by atoms with Gasteiger partial charge in [0.05, 0.1) is 17.3 Å². The number of fused-ring (bicyclic) bond motifs is 1. The molecule has 2 fully saturated rings. The van der Waals surface area contributed by atoms with Crippen molar-refractivity contribution >= 4 is 45.5 Å². The second-order valence-corrected chi connectivity index (χ2v) is 9.64. The molecule has 0 radical (unpaired) electrons. The van der Waals surface area contributed by atoms with Crippen molar-refractivity contribution in [3.63, 3.8) is 0 Å². The number of alkyl halides is 2. The Kier molecular flexibility index (Phi) is 5.52. The fourth-order valence-corrected chi connectivity index (χ4v) is 5.48. The van der Waals surface area contributed by atoms with Gasteiger partial charge in [0.25, 0.3) is 11.8 Å². The van der Waals surface area contributed by atoms with Gasteiger partial charge >= 0.3 is 0 Å². The second kappa shape index (κ2) is 8.23. The van der Waals surface area contributed by atoms with Crippen LogP contribution in [0.2, 0.25) is 0 Å². The normalized spacial score (nSPS) is 17.1. The summed E-state index contributed by atoms with van der Waals surface area (Å²) in [6, 6.07) is 8.62. The highest BCUT2D eigenvalue weighted by atomic mass is 32.1. The van der Waals surface area contributed by atoms with E-state index in [1.165, 1.54) is 23.1 Å². The van der Waals surface area contributed by atoms with Crippen LogP contribution in [0, 0.1) is 24.1 Å². The van der Waals surface area contributed by atoms with Crippen LogP contribution in [-0.2, 0) is 17.1 Å². The Hall–Kier alpha value is -3.58. The molecule has 2 aliphatic rings. The van der Waals surface area contributed by atoms with Gasteiger partial charge in [-0.1, -0.05) is 6.92 Å². The number of halogens is 3. The molecule has 0 atom stereocenters. The van der Waals surface area contributed by atoms with Gasteiger partial charge in [-0.3, -0.25) is 9.69 Å². The number of carbonyl (C=O) groups excluding carboxylic acids is 1. The summed E-state index contributed by atoms with van der Waals surface area (Å²) < 4.78 is 43.8. The first-order chi connectivity index (χ1) is 17.0.